The van der Waals surface area contributed by atoms with Crippen molar-refractivity contribution >= 4 is 11.8 Å². The van der Waals surface area contributed by atoms with Crippen LogP contribution in [0, 0.1) is 5.92 Å². The van der Waals surface area contributed by atoms with Gasteiger partial charge in [0, 0.05) is 25.7 Å². The Kier molecular flexibility index (Phi) is 6.04. The van der Waals surface area contributed by atoms with Gasteiger partial charge in [0.25, 0.3) is 0 Å². The first-order chi connectivity index (χ1) is 12.1. The summed E-state index contributed by atoms with van der Waals surface area (Å²) in [5.74, 6) is 0.265. The number of carbonyl (C=O) groups is 2. The van der Waals surface area contributed by atoms with Crippen molar-refractivity contribution in [3.8, 4) is 0 Å². The van der Waals surface area contributed by atoms with Gasteiger partial charge in [-0.2, -0.15) is 0 Å². The van der Waals surface area contributed by atoms with E-state index in [0.717, 1.165) is 26.1 Å². The average Bonchev–Trinajstić information content (AvgIpc) is 3.06. The Morgan fingerprint density at radius 1 is 1.32 bits per heavy atom. The molecule has 2 aliphatic rings. The van der Waals surface area contributed by atoms with Crippen LogP contribution in [-0.4, -0.2) is 67.0 Å². The van der Waals surface area contributed by atoms with E-state index >= 15 is 0 Å². The maximum atomic E-state index is 12.2. The Bertz CT molecular complexity index is 593. The van der Waals surface area contributed by atoms with E-state index in [1.54, 1.807) is 4.90 Å². The lowest BCUT2D eigenvalue weighted by Crippen LogP contribution is -2.49. The van der Waals surface area contributed by atoms with Crippen LogP contribution in [-0.2, 0) is 20.9 Å². The monoisotopic (exact) mass is 345 g/mol. The number of amides is 2. The van der Waals surface area contributed by atoms with Gasteiger partial charge in [-0.25, -0.2) is 0 Å². The maximum Gasteiger partial charge on any atom is 0.249 e. The third-order valence-electron chi connectivity index (χ3n) is 5.07. The van der Waals surface area contributed by atoms with Crippen LogP contribution in [0.2, 0.25) is 0 Å². The van der Waals surface area contributed by atoms with Crippen LogP contribution in [0.1, 0.15) is 18.9 Å². The second-order valence-electron chi connectivity index (χ2n) is 6.99. The van der Waals surface area contributed by atoms with Crippen molar-refractivity contribution in [3.05, 3.63) is 35.9 Å². The number of ether oxygens (including phenoxy) is 1. The summed E-state index contributed by atoms with van der Waals surface area (Å²) in [6.45, 7) is 6.29. The first kappa shape index (κ1) is 17.9. The second kappa shape index (κ2) is 8.45. The van der Waals surface area contributed by atoms with Crippen LogP contribution in [0.5, 0.6) is 0 Å². The van der Waals surface area contributed by atoms with E-state index in [0.29, 0.717) is 19.1 Å². The van der Waals surface area contributed by atoms with Gasteiger partial charge in [0.2, 0.25) is 11.8 Å². The zero-order valence-electron chi connectivity index (χ0n) is 14.8. The molecule has 2 amide bonds. The van der Waals surface area contributed by atoms with Gasteiger partial charge in [-0.1, -0.05) is 30.3 Å². The first-order valence-corrected chi connectivity index (χ1v) is 9.03. The average molecular weight is 345 g/mol. The SMILES string of the molecule is C[C@@H](NC(=O)CN1CCOCC1=O)[C@@H]1CCN(Cc2ccccc2)C1. The Morgan fingerprint density at radius 3 is 2.88 bits per heavy atom. The largest absolute Gasteiger partial charge is 0.370 e. The van der Waals surface area contributed by atoms with Crippen LogP contribution >= 0.6 is 0 Å². The first-order valence-electron chi connectivity index (χ1n) is 9.03. The fourth-order valence-electron chi connectivity index (χ4n) is 3.56. The Labute approximate surface area is 149 Å². The zero-order chi connectivity index (χ0) is 17.6. The van der Waals surface area contributed by atoms with E-state index in [4.69, 9.17) is 4.74 Å². The van der Waals surface area contributed by atoms with Gasteiger partial charge in [-0.05, 0) is 31.4 Å². The Balaban J connectivity index is 1.43. The van der Waals surface area contributed by atoms with Gasteiger partial charge in [0.1, 0.15) is 6.61 Å². The molecule has 0 bridgehead atoms. The highest BCUT2D eigenvalue weighted by molar-refractivity contribution is 5.85. The third-order valence-corrected chi connectivity index (χ3v) is 5.07. The molecule has 25 heavy (non-hydrogen) atoms. The van der Waals surface area contributed by atoms with E-state index in [-0.39, 0.29) is 31.0 Å². The smallest absolute Gasteiger partial charge is 0.249 e. The fraction of sp³-hybridized carbons (Fsp3) is 0.579. The van der Waals surface area contributed by atoms with E-state index in [2.05, 4.69) is 41.4 Å². The molecule has 0 saturated carbocycles. The molecule has 6 heteroatoms. The van der Waals surface area contributed by atoms with E-state index in [1.165, 1.54) is 5.56 Å². The number of nitrogens with zero attached hydrogens (tertiary/aromatic N) is 2. The normalized spacial score (nSPS) is 22.8. The van der Waals surface area contributed by atoms with Crippen molar-refractivity contribution in [1.29, 1.82) is 0 Å². The Hall–Kier alpha value is -1.92. The highest BCUT2D eigenvalue weighted by Gasteiger charge is 2.29. The number of morpholine rings is 1. The Morgan fingerprint density at radius 2 is 2.12 bits per heavy atom. The molecule has 2 heterocycles. The molecule has 2 atom stereocenters. The maximum absolute atomic E-state index is 12.2. The van der Waals surface area contributed by atoms with Gasteiger partial charge in [-0.15, -0.1) is 0 Å². The number of carbonyl (C=O) groups excluding carboxylic acids is 2. The van der Waals surface area contributed by atoms with Crippen LogP contribution < -0.4 is 5.32 Å². The predicted octanol–water partition coefficient (Wildman–Crippen LogP) is 0.872. The zero-order valence-corrected chi connectivity index (χ0v) is 14.8. The lowest BCUT2D eigenvalue weighted by molar-refractivity contribution is -0.146. The van der Waals surface area contributed by atoms with Gasteiger partial charge in [0.05, 0.1) is 13.2 Å². The molecule has 136 valence electrons. The van der Waals surface area contributed by atoms with Gasteiger partial charge in [-0.3, -0.25) is 14.5 Å². The standard InChI is InChI=1S/C19H27N3O3/c1-15(20-18(23)13-22-9-10-25-14-19(22)24)17-7-8-21(12-17)11-16-5-3-2-4-6-16/h2-6,15,17H,7-14H2,1H3,(H,20,23)/t15-,17-/m1/s1. The number of hydrogen-bond acceptors (Lipinski definition) is 4. The summed E-state index contributed by atoms with van der Waals surface area (Å²) in [6, 6.07) is 10.6. The molecule has 0 aliphatic carbocycles. The van der Waals surface area contributed by atoms with Crippen molar-refractivity contribution in [2.24, 2.45) is 5.92 Å². The van der Waals surface area contributed by atoms with Crippen molar-refractivity contribution in [2.45, 2.75) is 25.9 Å². The summed E-state index contributed by atoms with van der Waals surface area (Å²) >= 11 is 0. The van der Waals surface area contributed by atoms with Crippen molar-refractivity contribution in [1.82, 2.24) is 15.1 Å². The molecule has 1 aromatic rings. The van der Waals surface area contributed by atoms with Crippen LogP contribution in [0.25, 0.3) is 0 Å². The van der Waals surface area contributed by atoms with Crippen molar-refractivity contribution in [3.63, 3.8) is 0 Å². The fourth-order valence-corrected chi connectivity index (χ4v) is 3.56. The minimum absolute atomic E-state index is 0.0794. The summed E-state index contributed by atoms with van der Waals surface area (Å²) in [5, 5.41) is 3.07. The molecule has 0 radical (unpaired) electrons. The molecular weight excluding hydrogens is 318 g/mol. The number of rotatable bonds is 6. The van der Waals surface area contributed by atoms with Crippen LogP contribution in [0.4, 0.5) is 0 Å². The lowest BCUT2D eigenvalue weighted by atomic mass is 10.0. The van der Waals surface area contributed by atoms with Gasteiger partial charge < -0.3 is 15.0 Å². The molecular formula is C19H27N3O3. The molecule has 3 rings (SSSR count). The van der Waals surface area contributed by atoms with E-state index in [9.17, 15) is 9.59 Å². The number of nitrogens with one attached hydrogen (secondary N) is 1. The summed E-state index contributed by atoms with van der Waals surface area (Å²) in [5.41, 5.74) is 1.32. The van der Waals surface area contributed by atoms with Crippen molar-refractivity contribution in [2.75, 3.05) is 39.4 Å². The summed E-state index contributed by atoms with van der Waals surface area (Å²) in [4.78, 5) is 27.9. The molecule has 0 spiro atoms. The van der Waals surface area contributed by atoms with E-state index in [1.807, 2.05) is 6.07 Å². The predicted molar refractivity (Wildman–Crippen MR) is 94.8 cm³/mol. The second-order valence-corrected chi connectivity index (χ2v) is 6.99. The highest BCUT2D eigenvalue weighted by atomic mass is 16.5. The van der Waals surface area contributed by atoms with E-state index < -0.39 is 0 Å². The molecule has 2 fully saturated rings. The minimum Gasteiger partial charge on any atom is -0.370 e. The molecule has 2 aliphatic heterocycles. The van der Waals surface area contributed by atoms with Crippen LogP contribution in [0.3, 0.4) is 0 Å². The number of hydrogen-bond donors (Lipinski definition) is 1. The topological polar surface area (TPSA) is 61.9 Å². The number of benzene rings is 1. The molecule has 6 nitrogen and oxygen atoms in total. The van der Waals surface area contributed by atoms with Crippen molar-refractivity contribution < 1.29 is 14.3 Å². The minimum atomic E-state index is -0.107. The number of likely N-dealkylation sites (tertiary alicyclic amines) is 1. The summed E-state index contributed by atoms with van der Waals surface area (Å²) in [6.07, 6.45) is 1.09. The molecule has 2 saturated heterocycles. The van der Waals surface area contributed by atoms with Crippen LogP contribution in [0.15, 0.2) is 30.3 Å². The third kappa shape index (κ3) is 5.03. The molecule has 1 aromatic carbocycles. The quantitative estimate of drug-likeness (QED) is 0.831. The lowest BCUT2D eigenvalue weighted by Gasteiger charge is -2.28. The van der Waals surface area contributed by atoms with Gasteiger partial charge in [0.15, 0.2) is 0 Å². The highest BCUT2D eigenvalue weighted by Crippen LogP contribution is 2.21. The summed E-state index contributed by atoms with van der Waals surface area (Å²) < 4.78 is 5.09. The van der Waals surface area contributed by atoms with Gasteiger partial charge >= 0.3 is 0 Å². The molecule has 0 unspecified atom stereocenters. The molecule has 1 N–H and O–H groups in total. The molecule has 0 aromatic heterocycles. The summed E-state index contributed by atoms with van der Waals surface area (Å²) in [7, 11) is 0.